The highest BCUT2D eigenvalue weighted by Gasteiger charge is 2.48. The SMILES string of the molecule is C[C@]12CCNc3nc(-c4nn(Cc5ccccc5F)c5ncc(F)cc45)nc(c31)NC2=O. The second-order valence-corrected chi connectivity index (χ2v) is 8.20. The third-order valence-corrected chi connectivity index (χ3v) is 6.15. The Balaban J connectivity index is 1.54. The fourth-order valence-electron chi connectivity index (χ4n) is 4.43. The number of benzene rings is 1. The zero-order valence-electron chi connectivity index (χ0n) is 17.0. The van der Waals surface area contributed by atoms with Crippen molar-refractivity contribution in [2.75, 3.05) is 17.2 Å². The first-order valence-corrected chi connectivity index (χ1v) is 10.2. The van der Waals surface area contributed by atoms with Crippen molar-refractivity contribution in [3.8, 4) is 11.5 Å². The van der Waals surface area contributed by atoms with Crippen LogP contribution in [0.15, 0.2) is 36.5 Å². The number of carbonyl (C=O) groups excluding carboxylic acids is 1. The largest absolute Gasteiger partial charge is 0.370 e. The van der Waals surface area contributed by atoms with Crippen LogP contribution >= 0.6 is 0 Å². The van der Waals surface area contributed by atoms with Gasteiger partial charge in [-0.15, -0.1) is 0 Å². The van der Waals surface area contributed by atoms with E-state index in [1.54, 1.807) is 18.2 Å². The molecule has 4 aromatic rings. The Hall–Kier alpha value is -3.95. The second kappa shape index (κ2) is 6.52. The van der Waals surface area contributed by atoms with E-state index in [9.17, 15) is 13.6 Å². The van der Waals surface area contributed by atoms with Gasteiger partial charge >= 0.3 is 0 Å². The van der Waals surface area contributed by atoms with Crippen molar-refractivity contribution in [1.29, 1.82) is 0 Å². The molecule has 3 aromatic heterocycles. The number of hydrogen-bond acceptors (Lipinski definition) is 6. The number of carbonyl (C=O) groups is 1. The van der Waals surface area contributed by atoms with Gasteiger partial charge in [-0.2, -0.15) is 5.10 Å². The van der Waals surface area contributed by atoms with Gasteiger partial charge in [0, 0.05) is 12.1 Å². The number of rotatable bonds is 3. The van der Waals surface area contributed by atoms with Crippen LogP contribution in [-0.4, -0.2) is 37.2 Å². The molecular weight excluding hydrogens is 416 g/mol. The number of nitrogens with one attached hydrogen (secondary N) is 2. The smallest absolute Gasteiger partial charge is 0.236 e. The van der Waals surface area contributed by atoms with Gasteiger partial charge in [-0.1, -0.05) is 18.2 Å². The summed E-state index contributed by atoms with van der Waals surface area (Å²) in [6.45, 7) is 2.57. The van der Waals surface area contributed by atoms with Crippen LogP contribution in [0.1, 0.15) is 24.5 Å². The van der Waals surface area contributed by atoms with Crippen LogP contribution in [0.3, 0.4) is 0 Å². The van der Waals surface area contributed by atoms with E-state index < -0.39 is 11.2 Å². The van der Waals surface area contributed by atoms with E-state index >= 15 is 0 Å². The molecule has 0 spiro atoms. The third kappa shape index (κ3) is 2.62. The predicted octanol–water partition coefficient (Wildman–Crippen LogP) is 3.24. The van der Waals surface area contributed by atoms with Crippen molar-refractivity contribution in [3.63, 3.8) is 0 Å². The normalized spacial score (nSPS) is 19.0. The summed E-state index contributed by atoms with van der Waals surface area (Å²) in [5, 5.41) is 11.0. The molecule has 6 rings (SSSR count). The van der Waals surface area contributed by atoms with Gasteiger partial charge < -0.3 is 10.6 Å². The second-order valence-electron chi connectivity index (χ2n) is 8.20. The lowest BCUT2D eigenvalue weighted by Gasteiger charge is -2.28. The van der Waals surface area contributed by atoms with Gasteiger partial charge in [-0.25, -0.2) is 28.4 Å². The van der Waals surface area contributed by atoms with Crippen molar-refractivity contribution < 1.29 is 13.6 Å². The van der Waals surface area contributed by atoms with E-state index in [1.165, 1.54) is 16.8 Å². The lowest BCUT2D eigenvalue weighted by atomic mass is 9.79. The number of amides is 1. The molecule has 2 aliphatic heterocycles. The van der Waals surface area contributed by atoms with Crippen LogP contribution in [-0.2, 0) is 16.8 Å². The number of halogens is 2. The molecule has 0 saturated heterocycles. The van der Waals surface area contributed by atoms with E-state index in [0.717, 1.165) is 11.8 Å². The highest BCUT2D eigenvalue weighted by molar-refractivity contribution is 6.07. The van der Waals surface area contributed by atoms with E-state index in [4.69, 9.17) is 0 Å². The Morgan fingerprint density at radius 3 is 2.84 bits per heavy atom. The Morgan fingerprint density at radius 1 is 1.19 bits per heavy atom. The van der Waals surface area contributed by atoms with E-state index in [0.29, 0.717) is 46.9 Å². The lowest BCUT2D eigenvalue weighted by Crippen LogP contribution is -2.36. The molecule has 1 amide bonds. The molecule has 2 N–H and O–H groups in total. The summed E-state index contributed by atoms with van der Waals surface area (Å²) in [5.41, 5.74) is 1.15. The number of hydrogen-bond donors (Lipinski definition) is 2. The molecule has 32 heavy (non-hydrogen) atoms. The standard InChI is InChI=1S/C22H17F2N7O/c1-22-6-7-25-17-15(22)18(29-21(22)32)28-19(27-17)16-13-8-12(23)9-26-20(13)31(30-16)10-11-4-2-3-5-14(11)24/h2-5,8-9H,6-7,10H2,1H3,(H2,25,27,28,29,32)/t22-/m0/s1. The molecule has 1 aromatic carbocycles. The minimum absolute atomic E-state index is 0.104. The fourth-order valence-corrected chi connectivity index (χ4v) is 4.43. The molecule has 10 heteroatoms. The molecule has 0 bridgehead atoms. The zero-order chi connectivity index (χ0) is 22.0. The topological polar surface area (TPSA) is 97.6 Å². The average Bonchev–Trinajstić information content (AvgIpc) is 3.25. The van der Waals surface area contributed by atoms with E-state index in [1.807, 2.05) is 6.92 Å². The van der Waals surface area contributed by atoms with Gasteiger partial charge in [-0.3, -0.25) is 4.79 Å². The van der Waals surface area contributed by atoms with Gasteiger partial charge in [0.25, 0.3) is 0 Å². The number of aromatic nitrogens is 5. The van der Waals surface area contributed by atoms with Gasteiger partial charge in [-0.05, 0) is 25.5 Å². The summed E-state index contributed by atoms with van der Waals surface area (Å²) in [6, 6.07) is 7.67. The Bertz CT molecular complexity index is 1430. The monoisotopic (exact) mass is 433 g/mol. The number of pyridine rings is 1. The quantitative estimate of drug-likeness (QED) is 0.515. The molecule has 160 valence electrons. The fraction of sp³-hybridized carbons (Fsp3) is 0.227. The molecule has 0 saturated carbocycles. The minimum Gasteiger partial charge on any atom is -0.370 e. The van der Waals surface area contributed by atoms with Crippen LogP contribution in [0.2, 0.25) is 0 Å². The molecule has 0 fully saturated rings. The Labute approximate surface area is 180 Å². The van der Waals surface area contributed by atoms with Crippen molar-refractivity contribution >= 4 is 28.6 Å². The first kappa shape index (κ1) is 18.8. The summed E-state index contributed by atoms with van der Waals surface area (Å²) >= 11 is 0. The van der Waals surface area contributed by atoms with Gasteiger partial charge in [0.05, 0.1) is 29.1 Å². The first-order chi connectivity index (χ1) is 15.4. The van der Waals surface area contributed by atoms with Crippen molar-refractivity contribution in [2.45, 2.75) is 25.3 Å². The van der Waals surface area contributed by atoms with Crippen LogP contribution in [0.5, 0.6) is 0 Å². The molecule has 0 aliphatic carbocycles. The number of fused-ring (bicyclic) bond motifs is 1. The Morgan fingerprint density at radius 2 is 2.00 bits per heavy atom. The van der Waals surface area contributed by atoms with E-state index in [-0.39, 0.29) is 24.1 Å². The van der Waals surface area contributed by atoms with Gasteiger partial charge in [0.15, 0.2) is 11.5 Å². The lowest BCUT2D eigenvalue weighted by molar-refractivity contribution is -0.120. The van der Waals surface area contributed by atoms with Crippen molar-refractivity contribution in [3.05, 3.63) is 59.3 Å². The summed E-state index contributed by atoms with van der Waals surface area (Å²) < 4.78 is 29.8. The number of anilines is 2. The number of nitrogens with zero attached hydrogens (tertiary/aromatic N) is 5. The maximum absolute atomic E-state index is 14.2. The Kier molecular flexibility index (Phi) is 3.83. The first-order valence-electron chi connectivity index (χ1n) is 10.2. The van der Waals surface area contributed by atoms with E-state index in [2.05, 4.69) is 30.7 Å². The zero-order valence-corrected chi connectivity index (χ0v) is 17.0. The maximum atomic E-state index is 14.2. The summed E-state index contributed by atoms with van der Waals surface area (Å²) in [4.78, 5) is 25.9. The molecule has 1 atom stereocenters. The molecule has 2 aliphatic rings. The maximum Gasteiger partial charge on any atom is 0.236 e. The summed E-state index contributed by atoms with van der Waals surface area (Å²) in [7, 11) is 0. The van der Waals surface area contributed by atoms with Crippen LogP contribution in [0.4, 0.5) is 20.4 Å². The molecule has 0 unspecified atom stereocenters. The summed E-state index contributed by atoms with van der Waals surface area (Å²) in [6.07, 6.45) is 1.73. The minimum atomic E-state index is -0.686. The molecular formula is C22H17F2N7O. The molecule has 5 heterocycles. The molecule has 0 radical (unpaired) electrons. The third-order valence-electron chi connectivity index (χ3n) is 6.15. The highest BCUT2D eigenvalue weighted by atomic mass is 19.1. The van der Waals surface area contributed by atoms with Crippen LogP contribution < -0.4 is 10.6 Å². The van der Waals surface area contributed by atoms with Crippen LogP contribution in [0, 0.1) is 11.6 Å². The van der Waals surface area contributed by atoms with Gasteiger partial charge in [0.1, 0.15) is 29.0 Å². The average molecular weight is 433 g/mol. The summed E-state index contributed by atoms with van der Waals surface area (Å²) in [5.74, 6) is 0.172. The highest BCUT2D eigenvalue weighted by Crippen LogP contribution is 2.46. The van der Waals surface area contributed by atoms with Crippen molar-refractivity contribution in [1.82, 2.24) is 24.7 Å². The van der Waals surface area contributed by atoms with Crippen LogP contribution in [0.25, 0.3) is 22.6 Å². The molecule has 8 nitrogen and oxygen atoms in total. The van der Waals surface area contributed by atoms with Crippen molar-refractivity contribution in [2.24, 2.45) is 0 Å². The predicted molar refractivity (Wildman–Crippen MR) is 113 cm³/mol. The van der Waals surface area contributed by atoms with Gasteiger partial charge in [0.2, 0.25) is 5.91 Å².